The Labute approximate surface area is 71.0 Å². The molecule has 1 aromatic rings. The van der Waals surface area contributed by atoms with E-state index in [0.717, 1.165) is 0 Å². The van der Waals surface area contributed by atoms with Gasteiger partial charge in [0.15, 0.2) is 0 Å². The molecular weight excluding hydrogens is 278 g/mol. The molecule has 0 spiro atoms. The van der Waals surface area contributed by atoms with E-state index >= 15 is 0 Å². The van der Waals surface area contributed by atoms with Gasteiger partial charge in [-0.3, -0.25) is 0 Å². The predicted molar refractivity (Wildman–Crippen MR) is 34.8 cm³/mol. The van der Waals surface area contributed by atoms with E-state index in [1.807, 2.05) is 15.9 Å². The Morgan fingerprint density at radius 1 is 1.50 bits per heavy atom. The minimum absolute atomic E-state index is 0.00150. The first-order valence-corrected chi connectivity index (χ1v) is 3.65. The van der Waals surface area contributed by atoms with E-state index < -0.39 is 10.7 Å². The Morgan fingerprint density at radius 3 is 2.30 bits per heavy atom. The molecule has 1 aromatic heterocycles. The number of hydrogen-bond donors (Lipinski definition) is 0. The van der Waals surface area contributed by atoms with Crippen LogP contribution in [0.25, 0.3) is 0 Å². The molecular formula is C3Br2F2N2O. The molecule has 56 valence electrons. The summed E-state index contributed by atoms with van der Waals surface area (Å²) >= 11 is 4.80. The summed E-state index contributed by atoms with van der Waals surface area (Å²) in [4.78, 5) is -0.0201. The quantitative estimate of drug-likeness (QED) is 0.740. The molecule has 1 heterocycles. The van der Waals surface area contributed by atoms with Gasteiger partial charge in [-0.15, -0.1) is 0 Å². The second kappa shape index (κ2) is 2.54. The summed E-state index contributed by atoms with van der Waals surface area (Å²) in [6, 6.07) is 0. The maximum Gasteiger partial charge on any atom is 0.378 e. The first-order valence-electron chi connectivity index (χ1n) is 2.06. The van der Waals surface area contributed by atoms with Crippen LogP contribution in [-0.2, 0) is 4.83 Å². The Morgan fingerprint density at radius 2 is 2.10 bits per heavy atom. The fourth-order valence-corrected chi connectivity index (χ4v) is 0.715. The van der Waals surface area contributed by atoms with E-state index in [1.165, 1.54) is 0 Å². The van der Waals surface area contributed by atoms with Crippen molar-refractivity contribution >= 4 is 31.9 Å². The molecule has 10 heavy (non-hydrogen) atoms. The molecule has 0 aliphatic rings. The maximum atomic E-state index is 12.2. The number of nitrogens with zero attached hydrogens (tertiary/aromatic N) is 2. The number of alkyl halides is 3. The molecule has 0 unspecified atom stereocenters. The number of aromatic nitrogens is 2. The summed E-state index contributed by atoms with van der Waals surface area (Å²) in [5.74, 6) is -0.764. The maximum absolute atomic E-state index is 12.2. The van der Waals surface area contributed by atoms with Crippen molar-refractivity contribution in [1.82, 2.24) is 10.1 Å². The molecule has 0 saturated carbocycles. The summed E-state index contributed by atoms with van der Waals surface area (Å²) in [5.41, 5.74) is 0. The SMILES string of the molecule is FC(F)(Br)c1nc(Br)no1. The van der Waals surface area contributed by atoms with Crippen LogP contribution in [0.15, 0.2) is 9.26 Å². The fourth-order valence-electron chi connectivity index (χ4n) is 0.321. The van der Waals surface area contributed by atoms with Crippen molar-refractivity contribution in [2.45, 2.75) is 4.83 Å². The van der Waals surface area contributed by atoms with E-state index in [1.54, 1.807) is 0 Å². The largest absolute Gasteiger partial charge is 0.378 e. The first kappa shape index (κ1) is 8.06. The lowest BCUT2D eigenvalue weighted by Crippen LogP contribution is -2.01. The van der Waals surface area contributed by atoms with Crippen LogP contribution in [0.3, 0.4) is 0 Å². The van der Waals surface area contributed by atoms with E-state index in [2.05, 4.69) is 30.6 Å². The molecule has 0 saturated heterocycles. The average Bonchev–Trinajstić information content (AvgIpc) is 2.11. The summed E-state index contributed by atoms with van der Waals surface area (Å²) in [6.45, 7) is 0. The Balaban J connectivity index is 2.96. The predicted octanol–water partition coefficient (Wildman–Crippen LogP) is 2.28. The van der Waals surface area contributed by atoms with Crippen LogP contribution in [0.1, 0.15) is 5.89 Å². The highest BCUT2D eigenvalue weighted by atomic mass is 79.9. The van der Waals surface area contributed by atoms with Gasteiger partial charge in [0, 0.05) is 15.9 Å². The molecule has 0 aliphatic carbocycles. The van der Waals surface area contributed by atoms with Crippen LogP contribution in [0.2, 0.25) is 0 Å². The molecule has 0 radical (unpaired) electrons. The van der Waals surface area contributed by atoms with Gasteiger partial charge in [0.05, 0.1) is 0 Å². The number of halogens is 4. The standard InChI is InChI=1S/C3Br2F2N2O/c4-2-8-1(10-9-2)3(5,6)7. The normalized spacial score (nSPS) is 12.0. The molecule has 0 aliphatic heterocycles. The smallest absolute Gasteiger partial charge is 0.331 e. The molecule has 0 amide bonds. The topological polar surface area (TPSA) is 38.9 Å². The van der Waals surface area contributed by atoms with Gasteiger partial charge >= 0.3 is 10.7 Å². The van der Waals surface area contributed by atoms with Gasteiger partial charge in [-0.1, -0.05) is 0 Å². The Hall–Kier alpha value is -0.0400. The van der Waals surface area contributed by atoms with Crippen LogP contribution >= 0.6 is 31.9 Å². The van der Waals surface area contributed by atoms with Crippen LogP contribution in [0.4, 0.5) is 8.78 Å². The number of hydrogen-bond acceptors (Lipinski definition) is 3. The zero-order valence-corrected chi connectivity index (χ0v) is 7.49. The molecule has 0 bridgehead atoms. The molecule has 0 fully saturated rings. The lowest BCUT2D eigenvalue weighted by atomic mass is 10.7. The minimum atomic E-state index is -3.24. The Bertz CT molecular complexity index is 233. The number of rotatable bonds is 1. The lowest BCUT2D eigenvalue weighted by molar-refractivity contribution is 0.0725. The molecule has 0 N–H and O–H groups in total. The third-order valence-corrected chi connectivity index (χ3v) is 1.31. The summed E-state index contributed by atoms with van der Waals surface area (Å²) in [7, 11) is 0. The van der Waals surface area contributed by atoms with Gasteiger partial charge in [0.1, 0.15) is 0 Å². The van der Waals surface area contributed by atoms with E-state index in [4.69, 9.17) is 0 Å². The van der Waals surface area contributed by atoms with Crippen LogP contribution in [0.5, 0.6) is 0 Å². The van der Waals surface area contributed by atoms with Crippen LogP contribution in [-0.4, -0.2) is 10.1 Å². The summed E-state index contributed by atoms with van der Waals surface area (Å²) < 4.78 is 28.5. The molecule has 0 aromatic carbocycles. The van der Waals surface area contributed by atoms with E-state index in [9.17, 15) is 8.78 Å². The van der Waals surface area contributed by atoms with Crippen LogP contribution in [0, 0.1) is 0 Å². The monoisotopic (exact) mass is 276 g/mol. The second-order valence-electron chi connectivity index (χ2n) is 1.37. The van der Waals surface area contributed by atoms with E-state index in [0.29, 0.717) is 0 Å². The third-order valence-electron chi connectivity index (χ3n) is 0.644. The molecule has 7 heteroatoms. The fraction of sp³-hybridized carbons (Fsp3) is 0.333. The highest BCUT2D eigenvalue weighted by Gasteiger charge is 2.34. The molecule has 1 rings (SSSR count). The van der Waals surface area contributed by atoms with E-state index in [-0.39, 0.29) is 4.73 Å². The second-order valence-corrected chi connectivity index (χ2v) is 3.07. The summed E-state index contributed by atoms with van der Waals surface area (Å²) in [5, 5.41) is 3.10. The van der Waals surface area contributed by atoms with Crippen molar-refractivity contribution in [3.63, 3.8) is 0 Å². The highest BCUT2D eigenvalue weighted by Crippen LogP contribution is 2.33. The van der Waals surface area contributed by atoms with Gasteiger partial charge in [-0.05, 0) is 21.1 Å². The van der Waals surface area contributed by atoms with Crippen molar-refractivity contribution < 1.29 is 13.3 Å². The van der Waals surface area contributed by atoms with Crippen molar-refractivity contribution in [1.29, 1.82) is 0 Å². The van der Waals surface area contributed by atoms with Crippen LogP contribution < -0.4 is 0 Å². The van der Waals surface area contributed by atoms with Gasteiger partial charge in [-0.2, -0.15) is 13.8 Å². The highest BCUT2D eigenvalue weighted by molar-refractivity contribution is 9.10. The van der Waals surface area contributed by atoms with Crippen molar-refractivity contribution in [2.75, 3.05) is 0 Å². The van der Waals surface area contributed by atoms with Crippen molar-refractivity contribution in [3.8, 4) is 0 Å². The Kier molecular flexibility index (Phi) is 2.04. The van der Waals surface area contributed by atoms with Gasteiger partial charge in [0.2, 0.25) is 4.73 Å². The average molecular weight is 278 g/mol. The molecule has 3 nitrogen and oxygen atoms in total. The summed E-state index contributed by atoms with van der Waals surface area (Å²) in [6.07, 6.45) is 0. The zero-order chi connectivity index (χ0) is 7.78. The minimum Gasteiger partial charge on any atom is -0.331 e. The zero-order valence-electron chi connectivity index (χ0n) is 4.31. The first-order chi connectivity index (χ1) is 4.50. The lowest BCUT2D eigenvalue weighted by Gasteiger charge is -1.97. The van der Waals surface area contributed by atoms with Gasteiger partial charge in [0.25, 0.3) is 0 Å². The van der Waals surface area contributed by atoms with Gasteiger partial charge in [-0.25, -0.2) is 0 Å². The van der Waals surface area contributed by atoms with Crippen molar-refractivity contribution in [2.24, 2.45) is 0 Å². The molecule has 0 atom stereocenters. The van der Waals surface area contributed by atoms with Gasteiger partial charge < -0.3 is 4.52 Å². The van der Waals surface area contributed by atoms with Crippen molar-refractivity contribution in [3.05, 3.63) is 10.6 Å². The third kappa shape index (κ3) is 1.72.